The number of hydrogen-bond donors (Lipinski definition) is 1. The van der Waals surface area contributed by atoms with Crippen LogP contribution >= 0.6 is 0 Å². The van der Waals surface area contributed by atoms with Crippen LogP contribution in [0.4, 0.5) is 8.78 Å². The molecule has 0 aromatic heterocycles. The van der Waals surface area contributed by atoms with E-state index in [2.05, 4.69) is 17.0 Å². The lowest BCUT2D eigenvalue weighted by atomic mass is 9.86. The van der Waals surface area contributed by atoms with E-state index in [4.69, 9.17) is 0 Å². The number of para-hydroxylation sites is 1. The summed E-state index contributed by atoms with van der Waals surface area (Å²) < 4.78 is 29.0. The van der Waals surface area contributed by atoms with Gasteiger partial charge in [0, 0.05) is 6.04 Å². The highest BCUT2D eigenvalue weighted by Gasteiger charge is 2.24. The van der Waals surface area contributed by atoms with Crippen LogP contribution in [0.3, 0.4) is 0 Å². The monoisotopic (exact) mass is 283 g/mol. The van der Waals surface area contributed by atoms with Gasteiger partial charge in [-0.2, -0.15) is 8.78 Å². The second-order valence-corrected chi connectivity index (χ2v) is 5.22. The van der Waals surface area contributed by atoms with Gasteiger partial charge in [0.2, 0.25) is 0 Å². The van der Waals surface area contributed by atoms with Gasteiger partial charge in [0.05, 0.1) is 5.56 Å². The Balaban J connectivity index is 2.08. The summed E-state index contributed by atoms with van der Waals surface area (Å²) in [5.74, 6) is -0.0145. The molecule has 5 heteroatoms. The van der Waals surface area contributed by atoms with Gasteiger partial charge in [0.1, 0.15) is 5.75 Å². The van der Waals surface area contributed by atoms with Crippen molar-refractivity contribution in [2.75, 3.05) is 0 Å². The van der Waals surface area contributed by atoms with Crippen LogP contribution in [0, 0.1) is 5.92 Å². The van der Waals surface area contributed by atoms with E-state index in [-0.39, 0.29) is 23.3 Å². The molecule has 1 saturated carbocycles. The van der Waals surface area contributed by atoms with Crippen molar-refractivity contribution < 1.29 is 18.3 Å². The SMILES string of the molecule is CC1CCCCC1NC(=O)c1ccccc1OC(F)F. The van der Waals surface area contributed by atoms with Gasteiger partial charge in [-0.1, -0.05) is 31.9 Å². The van der Waals surface area contributed by atoms with Crippen molar-refractivity contribution >= 4 is 5.91 Å². The van der Waals surface area contributed by atoms with E-state index in [1.807, 2.05) is 0 Å². The number of alkyl halides is 2. The quantitative estimate of drug-likeness (QED) is 0.917. The molecule has 0 spiro atoms. The molecule has 0 heterocycles. The van der Waals surface area contributed by atoms with Crippen LogP contribution in [0.15, 0.2) is 24.3 Å². The molecule has 1 fully saturated rings. The van der Waals surface area contributed by atoms with Gasteiger partial charge in [-0.15, -0.1) is 0 Å². The molecular formula is C15H19F2NO2. The van der Waals surface area contributed by atoms with Crippen LogP contribution in [0.1, 0.15) is 43.0 Å². The standard InChI is InChI=1S/C15H19F2NO2/c1-10-6-2-4-8-12(10)18-14(19)11-7-3-5-9-13(11)20-15(16)17/h3,5,7,9-10,12,15H,2,4,6,8H2,1H3,(H,18,19). The maximum absolute atomic E-state index is 12.3. The van der Waals surface area contributed by atoms with Crippen LogP contribution in [-0.2, 0) is 0 Å². The highest BCUT2D eigenvalue weighted by atomic mass is 19.3. The molecule has 0 saturated heterocycles. The molecule has 2 rings (SSSR count). The maximum atomic E-state index is 12.3. The predicted molar refractivity (Wildman–Crippen MR) is 72.0 cm³/mol. The second kappa shape index (κ2) is 6.68. The van der Waals surface area contributed by atoms with E-state index in [1.165, 1.54) is 18.6 Å². The first-order valence-electron chi connectivity index (χ1n) is 6.92. The first-order valence-corrected chi connectivity index (χ1v) is 6.92. The fourth-order valence-electron chi connectivity index (χ4n) is 2.63. The number of carbonyl (C=O) groups is 1. The highest BCUT2D eigenvalue weighted by molar-refractivity contribution is 5.97. The molecule has 20 heavy (non-hydrogen) atoms. The summed E-state index contributed by atoms with van der Waals surface area (Å²) in [5, 5.41) is 2.93. The van der Waals surface area contributed by atoms with E-state index >= 15 is 0 Å². The molecule has 2 unspecified atom stereocenters. The topological polar surface area (TPSA) is 38.3 Å². The van der Waals surface area contributed by atoms with Crippen molar-refractivity contribution in [1.29, 1.82) is 0 Å². The van der Waals surface area contributed by atoms with Crippen LogP contribution in [0.25, 0.3) is 0 Å². The summed E-state index contributed by atoms with van der Waals surface area (Å²) in [6.07, 6.45) is 4.29. The largest absolute Gasteiger partial charge is 0.434 e. The van der Waals surface area contributed by atoms with Crippen molar-refractivity contribution in [3.05, 3.63) is 29.8 Å². The number of nitrogens with one attached hydrogen (secondary N) is 1. The Morgan fingerprint density at radius 1 is 1.30 bits per heavy atom. The third kappa shape index (κ3) is 3.68. The number of amides is 1. The van der Waals surface area contributed by atoms with E-state index in [0.717, 1.165) is 19.3 Å². The van der Waals surface area contributed by atoms with E-state index in [9.17, 15) is 13.6 Å². The molecule has 1 aliphatic rings. The maximum Gasteiger partial charge on any atom is 0.387 e. The van der Waals surface area contributed by atoms with Crippen molar-refractivity contribution in [3.8, 4) is 5.75 Å². The zero-order chi connectivity index (χ0) is 14.5. The number of carbonyl (C=O) groups excluding carboxylic acids is 1. The van der Waals surface area contributed by atoms with Gasteiger partial charge in [0.15, 0.2) is 0 Å². The van der Waals surface area contributed by atoms with Gasteiger partial charge in [-0.3, -0.25) is 4.79 Å². The zero-order valence-corrected chi connectivity index (χ0v) is 11.4. The minimum Gasteiger partial charge on any atom is -0.434 e. The van der Waals surface area contributed by atoms with Crippen LogP contribution in [0.2, 0.25) is 0 Å². The zero-order valence-electron chi connectivity index (χ0n) is 11.4. The predicted octanol–water partition coefficient (Wildman–Crippen LogP) is 3.60. The summed E-state index contributed by atoms with van der Waals surface area (Å²) in [4.78, 5) is 12.2. The minimum absolute atomic E-state index is 0.0801. The Morgan fingerprint density at radius 2 is 2.00 bits per heavy atom. The lowest BCUT2D eigenvalue weighted by molar-refractivity contribution is -0.0501. The third-order valence-electron chi connectivity index (χ3n) is 3.78. The van der Waals surface area contributed by atoms with Crippen LogP contribution in [0.5, 0.6) is 5.75 Å². The first-order chi connectivity index (χ1) is 9.58. The molecule has 1 aromatic rings. The number of rotatable bonds is 4. The Bertz CT molecular complexity index is 465. The summed E-state index contributed by atoms with van der Waals surface area (Å²) in [5.41, 5.74) is 0.158. The smallest absolute Gasteiger partial charge is 0.387 e. The molecule has 1 aromatic carbocycles. The Hall–Kier alpha value is -1.65. The molecule has 0 radical (unpaired) electrons. The lowest BCUT2D eigenvalue weighted by Crippen LogP contribution is -2.41. The van der Waals surface area contributed by atoms with Crippen molar-refractivity contribution in [2.45, 2.75) is 45.3 Å². The van der Waals surface area contributed by atoms with Crippen LogP contribution < -0.4 is 10.1 Å². The lowest BCUT2D eigenvalue weighted by Gasteiger charge is -2.29. The molecule has 0 aliphatic heterocycles. The number of ether oxygens (including phenoxy) is 1. The Morgan fingerprint density at radius 3 is 2.70 bits per heavy atom. The molecule has 1 N–H and O–H groups in total. The van der Waals surface area contributed by atoms with Crippen molar-refractivity contribution in [3.63, 3.8) is 0 Å². The Labute approximate surface area is 117 Å². The molecule has 110 valence electrons. The average molecular weight is 283 g/mol. The number of hydrogen-bond acceptors (Lipinski definition) is 2. The fourth-order valence-corrected chi connectivity index (χ4v) is 2.63. The minimum atomic E-state index is -2.93. The summed E-state index contributed by atoms with van der Waals surface area (Å²) >= 11 is 0. The first kappa shape index (κ1) is 14.8. The summed E-state index contributed by atoms with van der Waals surface area (Å²) in [7, 11) is 0. The molecule has 1 aliphatic carbocycles. The molecule has 3 nitrogen and oxygen atoms in total. The molecular weight excluding hydrogens is 264 g/mol. The van der Waals surface area contributed by atoms with Gasteiger partial charge < -0.3 is 10.1 Å². The second-order valence-electron chi connectivity index (χ2n) is 5.22. The molecule has 2 atom stereocenters. The van der Waals surface area contributed by atoms with E-state index < -0.39 is 6.61 Å². The molecule has 0 bridgehead atoms. The Kier molecular flexibility index (Phi) is 4.93. The summed E-state index contributed by atoms with van der Waals surface area (Å²) in [6.45, 7) is -0.830. The normalized spacial score (nSPS) is 22.6. The van der Waals surface area contributed by atoms with Crippen molar-refractivity contribution in [1.82, 2.24) is 5.32 Å². The van der Waals surface area contributed by atoms with E-state index in [0.29, 0.717) is 5.92 Å². The van der Waals surface area contributed by atoms with Gasteiger partial charge >= 0.3 is 6.61 Å². The van der Waals surface area contributed by atoms with Gasteiger partial charge in [-0.25, -0.2) is 0 Å². The average Bonchev–Trinajstić information content (AvgIpc) is 2.41. The van der Waals surface area contributed by atoms with E-state index in [1.54, 1.807) is 12.1 Å². The summed E-state index contributed by atoms with van der Waals surface area (Å²) in [6, 6.07) is 6.19. The van der Waals surface area contributed by atoms with Crippen molar-refractivity contribution in [2.24, 2.45) is 5.92 Å². The number of benzene rings is 1. The molecule has 1 amide bonds. The van der Waals surface area contributed by atoms with Gasteiger partial charge in [0.25, 0.3) is 5.91 Å². The third-order valence-corrected chi connectivity index (χ3v) is 3.78. The fraction of sp³-hybridized carbons (Fsp3) is 0.533. The van der Waals surface area contributed by atoms with Crippen LogP contribution in [-0.4, -0.2) is 18.6 Å². The number of halogens is 2. The highest BCUT2D eigenvalue weighted by Crippen LogP contribution is 2.25. The van der Waals surface area contributed by atoms with Gasteiger partial charge in [-0.05, 0) is 30.9 Å².